The monoisotopic (exact) mass is 503 g/mol. The number of rotatable bonds is 8. The summed E-state index contributed by atoms with van der Waals surface area (Å²) in [5, 5.41) is 17.0. The number of hydrogen-bond donors (Lipinski definition) is 3. The molecule has 0 saturated heterocycles. The third-order valence-corrected chi connectivity index (χ3v) is 4.66. The normalized spacial score (nSPS) is 14.4. The second-order valence-electron chi connectivity index (χ2n) is 5.72. The third kappa shape index (κ3) is 10.2. The van der Waals surface area contributed by atoms with Gasteiger partial charge in [-0.05, 0) is 26.3 Å². The predicted molar refractivity (Wildman–Crippen MR) is 115 cm³/mol. The van der Waals surface area contributed by atoms with E-state index in [9.17, 15) is 13.5 Å². The van der Waals surface area contributed by atoms with Gasteiger partial charge in [0.05, 0.1) is 12.3 Å². The molecule has 0 heterocycles. The van der Waals surface area contributed by atoms with Crippen LogP contribution in [0.5, 0.6) is 0 Å². The summed E-state index contributed by atoms with van der Waals surface area (Å²) in [7, 11) is -2.99. The molecule has 0 aliphatic heterocycles. The molecule has 9 heteroatoms. The molecular formula is C16H27ClIN3O3S. The number of nitrogens with one attached hydrogen (secondary N) is 2. The van der Waals surface area contributed by atoms with Crippen LogP contribution in [0, 0.1) is 0 Å². The van der Waals surface area contributed by atoms with Gasteiger partial charge in [-0.1, -0.05) is 29.8 Å². The Labute approximate surface area is 172 Å². The van der Waals surface area contributed by atoms with Crippen LogP contribution in [0.15, 0.2) is 29.3 Å². The SMILES string of the molecule is CCNC(=NCC(O)c1ccccc1Cl)NC(C)CCS(C)(=O)=O.I. The largest absolute Gasteiger partial charge is 0.386 e. The second kappa shape index (κ2) is 11.9. The van der Waals surface area contributed by atoms with Crippen molar-refractivity contribution >= 4 is 51.4 Å². The van der Waals surface area contributed by atoms with E-state index in [1.165, 1.54) is 6.26 Å². The van der Waals surface area contributed by atoms with Gasteiger partial charge < -0.3 is 15.7 Å². The first-order chi connectivity index (χ1) is 11.2. The van der Waals surface area contributed by atoms with E-state index in [4.69, 9.17) is 11.6 Å². The maximum absolute atomic E-state index is 11.2. The maximum atomic E-state index is 11.2. The third-order valence-electron chi connectivity index (χ3n) is 3.34. The van der Waals surface area contributed by atoms with Crippen LogP contribution in [0.2, 0.25) is 5.02 Å². The molecular weight excluding hydrogens is 477 g/mol. The smallest absolute Gasteiger partial charge is 0.191 e. The van der Waals surface area contributed by atoms with Crippen molar-refractivity contribution in [3.8, 4) is 0 Å². The van der Waals surface area contributed by atoms with E-state index in [-0.39, 0.29) is 42.3 Å². The number of hydrogen-bond acceptors (Lipinski definition) is 4. The fourth-order valence-corrected chi connectivity index (χ4v) is 3.08. The van der Waals surface area contributed by atoms with Crippen LogP contribution in [0.3, 0.4) is 0 Å². The Morgan fingerprint density at radius 3 is 2.56 bits per heavy atom. The molecule has 0 radical (unpaired) electrons. The molecule has 0 saturated carbocycles. The van der Waals surface area contributed by atoms with E-state index in [1.54, 1.807) is 18.2 Å². The average Bonchev–Trinajstić information content (AvgIpc) is 2.50. The Morgan fingerprint density at radius 1 is 1.36 bits per heavy atom. The first-order valence-corrected chi connectivity index (χ1v) is 10.3. The van der Waals surface area contributed by atoms with Gasteiger partial charge in [-0.2, -0.15) is 0 Å². The van der Waals surface area contributed by atoms with Crippen LogP contribution >= 0.6 is 35.6 Å². The molecule has 1 aromatic carbocycles. The number of aliphatic hydroxyl groups excluding tert-OH is 1. The molecule has 0 amide bonds. The summed E-state index contributed by atoms with van der Waals surface area (Å²) >= 11 is 6.07. The lowest BCUT2D eigenvalue weighted by Crippen LogP contribution is -2.43. The van der Waals surface area contributed by atoms with E-state index >= 15 is 0 Å². The molecule has 6 nitrogen and oxygen atoms in total. The Morgan fingerprint density at radius 2 is 2.00 bits per heavy atom. The number of halogens is 2. The zero-order chi connectivity index (χ0) is 18.2. The van der Waals surface area contributed by atoms with Gasteiger partial charge in [0, 0.05) is 29.4 Å². The van der Waals surface area contributed by atoms with Crippen LogP contribution < -0.4 is 10.6 Å². The van der Waals surface area contributed by atoms with Crippen molar-refractivity contribution in [3.05, 3.63) is 34.9 Å². The van der Waals surface area contributed by atoms with Crippen molar-refractivity contribution < 1.29 is 13.5 Å². The quantitative estimate of drug-likeness (QED) is 0.288. The fraction of sp³-hybridized carbons (Fsp3) is 0.562. The summed E-state index contributed by atoms with van der Waals surface area (Å²) < 4.78 is 22.5. The number of aliphatic imine (C=N–C) groups is 1. The number of sulfone groups is 1. The van der Waals surface area contributed by atoms with Crippen LogP contribution in [0.4, 0.5) is 0 Å². The van der Waals surface area contributed by atoms with Crippen LogP contribution in [-0.2, 0) is 9.84 Å². The molecule has 3 N–H and O–H groups in total. The zero-order valence-electron chi connectivity index (χ0n) is 14.7. The van der Waals surface area contributed by atoms with Gasteiger partial charge in [-0.3, -0.25) is 4.99 Å². The summed E-state index contributed by atoms with van der Waals surface area (Å²) in [4.78, 5) is 4.35. The molecule has 144 valence electrons. The highest BCUT2D eigenvalue weighted by Gasteiger charge is 2.12. The Bertz CT molecular complexity index is 656. The highest BCUT2D eigenvalue weighted by molar-refractivity contribution is 14.0. The molecule has 1 aromatic rings. The number of nitrogens with zero attached hydrogens (tertiary/aromatic N) is 1. The van der Waals surface area contributed by atoms with Gasteiger partial charge in [0.2, 0.25) is 0 Å². The molecule has 0 aliphatic carbocycles. The lowest BCUT2D eigenvalue weighted by molar-refractivity contribution is 0.187. The minimum absolute atomic E-state index is 0. The van der Waals surface area contributed by atoms with Crippen molar-refractivity contribution in [2.75, 3.05) is 25.1 Å². The molecule has 0 aromatic heterocycles. The standard InChI is InChI=1S/C16H26ClN3O3S.HI/c1-4-18-16(20-12(2)9-10-24(3,22)23)19-11-15(21)13-7-5-6-8-14(13)17;/h5-8,12,15,21H,4,9-11H2,1-3H3,(H2,18,19,20);1H. The predicted octanol–water partition coefficient (Wildman–Crippen LogP) is 2.37. The Hall–Kier alpha value is -0.580. The van der Waals surface area contributed by atoms with E-state index in [0.717, 1.165) is 0 Å². The Balaban J connectivity index is 0.00000576. The highest BCUT2D eigenvalue weighted by atomic mass is 127. The van der Waals surface area contributed by atoms with Gasteiger partial charge in [0.15, 0.2) is 5.96 Å². The molecule has 25 heavy (non-hydrogen) atoms. The van der Waals surface area contributed by atoms with Gasteiger partial charge in [-0.25, -0.2) is 8.42 Å². The van der Waals surface area contributed by atoms with Crippen LogP contribution in [0.25, 0.3) is 0 Å². The van der Waals surface area contributed by atoms with Crippen molar-refractivity contribution in [1.82, 2.24) is 10.6 Å². The van der Waals surface area contributed by atoms with Gasteiger partial charge in [-0.15, -0.1) is 24.0 Å². The molecule has 0 fully saturated rings. The van der Waals surface area contributed by atoms with Gasteiger partial charge >= 0.3 is 0 Å². The molecule has 1 rings (SSSR count). The van der Waals surface area contributed by atoms with Crippen molar-refractivity contribution in [3.63, 3.8) is 0 Å². The van der Waals surface area contributed by atoms with Crippen molar-refractivity contribution in [2.45, 2.75) is 32.4 Å². The topological polar surface area (TPSA) is 90.8 Å². The molecule has 2 atom stereocenters. The van der Waals surface area contributed by atoms with Crippen LogP contribution in [0.1, 0.15) is 31.9 Å². The van der Waals surface area contributed by atoms with Gasteiger partial charge in [0.25, 0.3) is 0 Å². The summed E-state index contributed by atoms with van der Waals surface area (Å²) in [5.74, 6) is 0.646. The molecule has 0 aliphatic rings. The molecule has 0 spiro atoms. The zero-order valence-corrected chi connectivity index (χ0v) is 18.6. The van der Waals surface area contributed by atoms with E-state index in [2.05, 4.69) is 15.6 Å². The van der Waals surface area contributed by atoms with Crippen molar-refractivity contribution in [2.24, 2.45) is 4.99 Å². The minimum atomic E-state index is -2.99. The number of aliphatic hydroxyl groups is 1. The number of benzene rings is 1. The maximum Gasteiger partial charge on any atom is 0.191 e. The second-order valence-corrected chi connectivity index (χ2v) is 8.39. The highest BCUT2D eigenvalue weighted by Crippen LogP contribution is 2.22. The van der Waals surface area contributed by atoms with Gasteiger partial charge in [0.1, 0.15) is 15.9 Å². The summed E-state index contributed by atoms with van der Waals surface area (Å²) in [6, 6.07) is 7.04. The molecule has 2 unspecified atom stereocenters. The summed E-state index contributed by atoms with van der Waals surface area (Å²) in [5.41, 5.74) is 0.629. The van der Waals surface area contributed by atoms with E-state index < -0.39 is 15.9 Å². The first kappa shape index (κ1) is 24.4. The minimum Gasteiger partial charge on any atom is -0.386 e. The van der Waals surface area contributed by atoms with Crippen molar-refractivity contribution in [1.29, 1.82) is 0 Å². The fourth-order valence-electron chi connectivity index (χ4n) is 2.04. The number of guanidine groups is 1. The summed E-state index contributed by atoms with van der Waals surface area (Å²) in [6.45, 7) is 4.63. The van der Waals surface area contributed by atoms with Crippen LogP contribution in [-0.4, -0.2) is 50.6 Å². The lowest BCUT2D eigenvalue weighted by atomic mass is 10.1. The first-order valence-electron chi connectivity index (χ1n) is 7.88. The molecule has 0 bridgehead atoms. The summed E-state index contributed by atoms with van der Waals surface area (Å²) in [6.07, 6.45) is 0.899. The van der Waals surface area contributed by atoms with E-state index in [1.807, 2.05) is 19.9 Å². The average molecular weight is 504 g/mol. The lowest BCUT2D eigenvalue weighted by Gasteiger charge is -2.18. The van der Waals surface area contributed by atoms with E-state index in [0.29, 0.717) is 29.5 Å². The Kier molecular flexibility index (Phi) is 11.6.